The summed E-state index contributed by atoms with van der Waals surface area (Å²) in [4.78, 5) is 21.8. The molecule has 0 atom stereocenters. The summed E-state index contributed by atoms with van der Waals surface area (Å²) in [6.07, 6.45) is 6.34. The van der Waals surface area contributed by atoms with E-state index in [-0.39, 0.29) is 19.1 Å². The minimum absolute atomic E-state index is 0.00150. The predicted octanol–water partition coefficient (Wildman–Crippen LogP) is 3.59. The summed E-state index contributed by atoms with van der Waals surface area (Å²) < 4.78 is 15.6. The van der Waals surface area contributed by atoms with Gasteiger partial charge in [-0.05, 0) is 47.5 Å². The molecule has 3 rings (SSSR count). The Kier molecular flexibility index (Phi) is 5.28. The molecule has 0 radical (unpaired) electrons. The maximum atomic E-state index is 11.7. The molecular formula is C19H15NO6. The van der Waals surface area contributed by atoms with Gasteiger partial charge in [0.05, 0.1) is 4.92 Å². The Labute approximate surface area is 149 Å². The summed E-state index contributed by atoms with van der Waals surface area (Å²) in [5.41, 5.74) is 1.58. The summed E-state index contributed by atoms with van der Waals surface area (Å²) in [6.45, 7) is 0.346. The van der Waals surface area contributed by atoms with Gasteiger partial charge in [-0.2, -0.15) is 0 Å². The van der Waals surface area contributed by atoms with Crippen LogP contribution in [0.4, 0.5) is 5.69 Å². The molecule has 0 unspecified atom stereocenters. The van der Waals surface area contributed by atoms with Crippen LogP contribution in [0.1, 0.15) is 11.1 Å². The SMILES string of the molecule is O=C(C=Cc1ccc([N+](=O)[O-])cc1)OCC=Cc1ccc2c(c1)OCO2. The smallest absolute Gasteiger partial charge is 0.331 e. The van der Waals surface area contributed by atoms with Crippen molar-refractivity contribution >= 4 is 23.8 Å². The molecule has 0 spiro atoms. The number of esters is 1. The van der Waals surface area contributed by atoms with Gasteiger partial charge in [0.25, 0.3) is 5.69 Å². The van der Waals surface area contributed by atoms with E-state index in [1.165, 1.54) is 24.3 Å². The highest BCUT2D eigenvalue weighted by atomic mass is 16.7. The van der Waals surface area contributed by atoms with Gasteiger partial charge in [-0.3, -0.25) is 10.1 Å². The van der Waals surface area contributed by atoms with Crippen molar-refractivity contribution in [3.05, 3.63) is 75.9 Å². The Balaban J connectivity index is 1.47. The second kappa shape index (κ2) is 7.98. The van der Waals surface area contributed by atoms with Gasteiger partial charge in [0.1, 0.15) is 6.61 Å². The number of carbonyl (C=O) groups is 1. The molecule has 2 aromatic carbocycles. The van der Waals surface area contributed by atoms with Crippen molar-refractivity contribution in [1.29, 1.82) is 0 Å². The third-order valence-electron chi connectivity index (χ3n) is 3.54. The average Bonchev–Trinajstić information content (AvgIpc) is 3.11. The second-order valence-corrected chi connectivity index (χ2v) is 5.33. The summed E-state index contributed by atoms with van der Waals surface area (Å²) in [5.74, 6) is 0.902. The van der Waals surface area contributed by atoms with E-state index in [2.05, 4.69) is 0 Å². The van der Waals surface area contributed by atoms with Crippen molar-refractivity contribution in [2.75, 3.05) is 13.4 Å². The number of non-ortho nitro benzene ring substituents is 1. The number of nitrogens with zero attached hydrogens (tertiary/aromatic N) is 1. The largest absolute Gasteiger partial charge is 0.458 e. The van der Waals surface area contributed by atoms with E-state index in [1.54, 1.807) is 18.2 Å². The fraction of sp³-hybridized carbons (Fsp3) is 0.105. The zero-order valence-electron chi connectivity index (χ0n) is 13.7. The van der Waals surface area contributed by atoms with Gasteiger partial charge in [-0.1, -0.05) is 12.1 Å². The van der Waals surface area contributed by atoms with Crippen LogP contribution in [-0.2, 0) is 9.53 Å². The normalized spacial score (nSPS) is 12.6. The monoisotopic (exact) mass is 353 g/mol. The zero-order chi connectivity index (χ0) is 18.4. The van der Waals surface area contributed by atoms with Gasteiger partial charge >= 0.3 is 5.97 Å². The summed E-state index contributed by atoms with van der Waals surface area (Å²) in [6, 6.07) is 11.4. The molecule has 0 bridgehead atoms. The molecule has 0 aromatic heterocycles. The molecule has 7 heteroatoms. The molecule has 0 N–H and O–H groups in total. The van der Waals surface area contributed by atoms with Crippen molar-refractivity contribution in [2.45, 2.75) is 0 Å². The number of carbonyl (C=O) groups excluding carboxylic acids is 1. The predicted molar refractivity (Wildman–Crippen MR) is 94.7 cm³/mol. The van der Waals surface area contributed by atoms with Gasteiger partial charge in [-0.25, -0.2) is 4.79 Å². The van der Waals surface area contributed by atoms with E-state index < -0.39 is 10.9 Å². The zero-order valence-corrected chi connectivity index (χ0v) is 13.7. The molecule has 0 saturated heterocycles. The Morgan fingerprint density at radius 2 is 1.81 bits per heavy atom. The number of ether oxygens (including phenoxy) is 3. The number of rotatable bonds is 6. The van der Waals surface area contributed by atoms with E-state index >= 15 is 0 Å². The topological polar surface area (TPSA) is 87.9 Å². The third kappa shape index (κ3) is 4.47. The molecule has 0 aliphatic carbocycles. The lowest BCUT2D eigenvalue weighted by Crippen LogP contribution is -1.99. The number of nitro groups is 1. The maximum Gasteiger partial charge on any atom is 0.331 e. The lowest BCUT2D eigenvalue weighted by molar-refractivity contribution is -0.384. The first-order valence-electron chi connectivity index (χ1n) is 7.77. The minimum atomic E-state index is -0.501. The van der Waals surface area contributed by atoms with E-state index in [4.69, 9.17) is 14.2 Å². The van der Waals surface area contributed by atoms with Crippen LogP contribution >= 0.6 is 0 Å². The van der Waals surface area contributed by atoms with Crippen molar-refractivity contribution in [3.8, 4) is 11.5 Å². The first kappa shape index (κ1) is 17.2. The molecule has 0 amide bonds. The van der Waals surface area contributed by atoms with Crippen LogP contribution in [0.3, 0.4) is 0 Å². The molecule has 7 nitrogen and oxygen atoms in total. The van der Waals surface area contributed by atoms with Crippen LogP contribution in [0, 0.1) is 10.1 Å². The molecular weight excluding hydrogens is 338 g/mol. The molecule has 1 aliphatic rings. The number of fused-ring (bicyclic) bond motifs is 1. The lowest BCUT2D eigenvalue weighted by Gasteiger charge is -1.99. The highest BCUT2D eigenvalue weighted by Crippen LogP contribution is 2.32. The standard InChI is InChI=1S/C19H15NO6/c21-19(10-6-14-3-7-16(8-4-14)20(22)23)24-11-1-2-15-5-9-17-18(12-15)26-13-25-17/h1-10,12H,11,13H2. The van der Waals surface area contributed by atoms with Crippen LogP contribution < -0.4 is 9.47 Å². The molecule has 132 valence electrons. The highest BCUT2D eigenvalue weighted by molar-refractivity contribution is 5.87. The lowest BCUT2D eigenvalue weighted by atomic mass is 10.2. The molecule has 1 aliphatic heterocycles. The van der Waals surface area contributed by atoms with Crippen molar-refractivity contribution in [1.82, 2.24) is 0 Å². The molecule has 1 heterocycles. The van der Waals surface area contributed by atoms with Gasteiger partial charge in [0, 0.05) is 18.2 Å². The van der Waals surface area contributed by atoms with Crippen molar-refractivity contribution < 1.29 is 23.9 Å². The minimum Gasteiger partial charge on any atom is -0.458 e. The first-order valence-corrected chi connectivity index (χ1v) is 7.77. The fourth-order valence-electron chi connectivity index (χ4n) is 2.25. The van der Waals surface area contributed by atoms with Crippen LogP contribution in [0.25, 0.3) is 12.2 Å². The van der Waals surface area contributed by atoms with E-state index in [1.807, 2.05) is 24.3 Å². The Morgan fingerprint density at radius 1 is 1.08 bits per heavy atom. The number of benzene rings is 2. The van der Waals surface area contributed by atoms with Crippen LogP contribution in [-0.4, -0.2) is 24.3 Å². The summed E-state index contributed by atoms with van der Waals surface area (Å²) in [5, 5.41) is 10.6. The van der Waals surface area contributed by atoms with Crippen molar-refractivity contribution in [3.63, 3.8) is 0 Å². The average molecular weight is 353 g/mol. The van der Waals surface area contributed by atoms with E-state index in [9.17, 15) is 14.9 Å². The number of nitro benzene ring substituents is 1. The van der Waals surface area contributed by atoms with Crippen LogP contribution in [0.5, 0.6) is 11.5 Å². The van der Waals surface area contributed by atoms with Gasteiger partial charge < -0.3 is 14.2 Å². The van der Waals surface area contributed by atoms with Gasteiger partial charge in [-0.15, -0.1) is 0 Å². The summed E-state index contributed by atoms with van der Waals surface area (Å²) in [7, 11) is 0. The molecule has 2 aromatic rings. The Hall–Kier alpha value is -3.61. The van der Waals surface area contributed by atoms with Crippen LogP contribution in [0.2, 0.25) is 0 Å². The van der Waals surface area contributed by atoms with E-state index in [0.29, 0.717) is 17.1 Å². The Bertz CT molecular complexity index is 870. The third-order valence-corrected chi connectivity index (χ3v) is 3.54. The maximum absolute atomic E-state index is 11.7. The molecule has 26 heavy (non-hydrogen) atoms. The summed E-state index contributed by atoms with van der Waals surface area (Å²) >= 11 is 0. The van der Waals surface area contributed by atoms with Crippen molar-refractivity contribution in [2.24, 2.45) is 0 Å². The molecule has 0 fully saturated rings. The van der Waals surface area contributed by atoms with Crippen LogP contribution in [0.15, 0.2) is 54.6 Å². The molecule has 0 saturated carbocycles. The number of hydrogen-bond acceptors (Lipinski definition) is 6. The number of hydrogen-bond donors (Lipinski definition) is 0. The fourth-order valence-corrected chi connectivity index (χ4v) is 2.25. The van der Waals surface area contributed by atoms with Gasteiger partial charge in [0.2, 0.25) is 6.79 Å². The quantitative estimate of drug-likeness (QED) is 0.341. The first-order chi connectivity index (χ1) is 12.6. The van der Waals surface area contributed by atoms with Gasteiger partial charge in [0.15, 0.2) is 11.5 Å². The Morgan fingerprint density at radius 3 is 2.58 bits per heavy atom. The second-order valence-electron chi connectivity index (χ2n) is 5.33. The van der Waals surface area contributed by atoms with E-state index in [0.717, 1.165) is 5.56 Å². The highest BCUT2D eigenvalue weighted by Gasteiger charge is 2.12.